The number of hydrogen-bond donors (Lipinski definition) is 1. The van der Waals surface area contributed by atoms with Gasteiger partial charge in [-0.3, -0.25) is 10.2 Å². The van der Waals surface area contributed by atoms with E-state index in [2.05, 4.69) is 9.82 Å². The lowest BCUT2D eigenvalue weighted by molar-refractivity contribution is 0.0838. The molecule has 1 aliphatic rings. The number of nitrogens with zero attached hydrogens (tertiary/aromatic N) is 2. The lowest BCUT2D eigenvalue weighted by Crippen LogP contribution is -2.49. The van der Waals surface area contributed by atoms with Crippen molar-refractivity contribution in [2.24, 2.45) is 4.40 Å². The Bertz CT molecular complexity index is 1730. The molecule has 1 heterocycles. The van der Waals surface area contributed by atoms with Crippen LogP contribution in [0, 0.1) is 0 Å². The molecule has 0 unspecified atom stereocenters. The van der Waals surface area contributed by atoms with E-state index < -0.39 is 26.0 Å². The summed E-state index contributed by atoms with van der Waals surface area (Å²) in [6.07, 6.45) is 0. The van der Waals surface area contributed by atoms with Crippen molar-refractivity contribution in [1.82, 2.24) is 9.84 Å². The fourth-order valence-electron chi connectivity index (χ4n) is 3.65. The van der Waals surface area contributed by atoms with Crippen LogP contribution >= 0.6 is 11.6 Å². The highest BCUT2D eigenvalue weighted by Crippen LogP contribution is 2.27. The van der Waals surface area contributed by atoms with E-state index in [0.717, 1.165) is 5.39 Å². The summed E-state index contributed by atoms with van der Waals surface area (Å²) in [5.74, 6) is -1.23. The van der Waals surface area contributed by atoms with Crippen molar-refractivity contribution in [3.8, 4) is 0 Å². The second kappa shape index (κ2) is 8.49. The van der Waals surface area contributed by atoms with E-state index in [1.54, 1.807) is 24.3 Å². The number of carbonyl (C=O) groups excluding carboxylic acids is 1. The van der Waals surface area contributed by atoms with Crippen molar-refractivity contribution in [3.63, 3.8) is 0 Å². The minimum absolute atomic E-state index is 0.0148. The van der Waals surface area contributed by atoms with Crippen molar-refractivity contribution in [1.29, 1.82) is 0 Å². The predicted molar refractivity (Wildman–Crippen MR) is 132 cm³/mol. The molecule has 1 amide bonds. The van der Waals surface area contributed by atoms with Crippen molar-refractivity contribution in [2.45, 2.75) is 9.79 Å². The number of rotatable bonds is 3. The third kappa shape index (κ3) is 4.16. The lowest BCUT2D eigenvalue weighted by atomic mass is 10.1. The number of hydrazine groups is 1. The van der Waals surface area contributed by atoms with Gasteiger partial charge in [0.1, 0.15) is 4.90 Å². The second-order valence-electron chi connectivity index (χ2n) is 7.61. The molecule has 0 radical (unpaired) electrons. The quantitative estimate of drug-likeness (QED) is 0.405. The van der Waals surface area contributed by atoms with Crippen LogP contribution in [-0.4, -0.2) is 33.0 Å². The Labute approximate surface area is 206 Å². The standard InChI is InChI=1S/C24H16ClN3O5S2/c25-19-12-9-17(10-13-19)24(29)28(26-23-21-7-3-4-8-22(21)34(30,31)27-23)35(32,33)20-14-11-16-5-1-2-6-18(16)15-20/h1-15H,(H,26,27). The molecule has 0 saturated carbocycles. The first-order valence-electron chi connectivity index (χ1n) is 10.2. The van der Waals surface area contributed by atoms with Gasteiger partial charge in [-0.25, -0.2) is 0 Å². The van der Waals surface area contributed by atoms with Crippen LogP contribution in [0.15, 0.2) is 105 Å². The summed E-state index contributed by atoms with van der Waals surface area (Å²) in [7, 11) is -8.57. The van der Waals surface area contributed by atoms with Gasteiger partial charge >= 0.3 is 0 Å². The van der Waals surface area contributed by atoms with E-state index in [0.29, 0.717) is 14.8 Å². The maximum atomic E-state index is 13.7. The van der Waals surface area contributed by atoms with Crippen LogP contribution in [0.2, 0.25) is 5.02 Å². The molecule has 0 atom stereocenters. The predicted octanol–water partition coefficient (Wildman–Crippen LogP) is 3.98. The fourth-order valence-corrected chi connectivity index (χ4v) is 6.20. The number of amidine groups is 1. The highest BCUT2D eigenvalue weighted by Gasteiger charge is 2.36. The van der Waals surface area contributed by atoms with E-state index in [-0.39, 0.29) is 26.8 Å². The summed E-state index contributed by atoms with van der Waals surface area (Å²) in [6.45, 7) is 0. The van der Waals surface area contributed by atoms with Crippen molar-refractivity contribution in [3.05, 3.63) is 107 Å². The molecule has 0 bridgehead atoms. The summed E-state index contributed by atoms with van der Waals surface area (Å²) in [5, 5.41) is 1.83. The van der Waals surface area contributed by atoms with Gasteiger partial charge in [0, 0.05) is 16.1 Å². The molecular formula is C24H16ClN3O5S2. The normalized spacial score (nSPS) is 14.3. The Kier molecular flexibility index (Phi) is 5.59. The Hall–Kier alpha value is -3.73. The minimum Gasteiger partial charge on any atom is -0.266 e. The van der Waals surface area contributed by atoms with Gasteiger partial charge in [-0.05, 0) is 59.3 Å². The molecular weight excluding hydrogens is 510 g/mol. The van der Waals surface area contributed by atoms with E-state index in [1.807, 2.05) is 12.1 Å². The number of halogens is 1. The zero-order valence-corrected chi connectivity index (χ0v) is 20.2. The van der Waals surface area contributed by atoms with Gasteiger partial charge in [0.25, 0.3) is 26.0 Å². The molecule has 4 aromatic carbocycles. The van der Waals surface area contributed by atoms with Gasteiger partial charge in [0.05, 0.1) is 4.90 Å². The summed E-state index contributed by atoms with van der Waals surface area (Å²) < 4.78 is 56.5. The van der Waals surface area contributed by atoms with Crippen molar-refractivity contribution in [2.75, 3.05) is 0 Å². The molecule has 4 aromatic rings. The maximum absolute atomic E-state index is 13.7. The zero-order valence-electron chi connectivity index (χ0n) is 17.8. The molecule has 0 aliphatic carbocycles. The molecule has 1 N–H and O–H groups in total. The zero-order chi connectivity index (χ0) is 24.8. The van der Waals surface area contributed by atoms with Gasteiger partial charge in [-0.1, -0.05) is 54.1 Å². The van der Waals surface area contributed by atoms with Crippen LogP contribution in [0.5, 0.6) is 0 Å². The van der Waals surface area contributed by atoms with Crippen LogP contribution in [-0.2, 0) is 20.0 Å². The number of carbonyl (C=O) groups is 1. The Balaban J connectivity index is 1.64. The second-order valence-corrected chi connectivity index (χ2v) is 11.4. The third-order valence-electron chi connectivity index (χ3n) is 5.37. The molecule has 176 valence electrons. The van der Waals surface area contributed by atoms with Crippen LogP contribution in [0.3, 0.4) is 0 Å². The molecule has 0 fully saturated rings. The molecule has 0 aromatic heterocycles. The summed E-state index contributed by atoms with van der Waals surface area (Å²) >= 11 is 5.92. The van der Waals surface area contributed by atoms with E-state index >= 15 is 0 Å². The van der Waals surface area contributed by atoms with Gasteiger partial charge in [-0.15, -0.1) is 8.81 Å². The first kappa shape index (κ1) is 23.0. The first-order valence-corrected chi connectivity index (χ1v) is 13.5. The van der Waals surface area contributed by atoms with Gasteiger partial charge in [0.2, 0.25) is 0 Å². The van der Waals surface area contributed by atoms with Gasteiger partial charge in [0.15, 0.2) is 5.84 Å². The molecule has 8 nitrogen and oxygen atoms in total. The topological polar surface area (TPSA) is 113 Å². The number of fused-ring (bicyclic) bond motifs is 2. The SMILES string of the molecule is O=C(c1ccc(Cl)cc1)N(NC1=NS(=O)(=O)c2ccccc21)S(=O)(=O)c1ccc2ccccc2c1. The summed E-state index contributed by atoms with van der Waals surface area (Å²) in [5.41, 5.74) is 2.62. The van der Waals surface area contributed by atoms with E-state index in [9.17, 15) is 21.6 Å². The minimum atomic E-state index is -4.51. The number of sulfonamides is 2. The first-order chi connectivity index (χ1) is 16.7. The molecule has 0 spiro atoms. The largest absolute Gasteiger partial charge is 0.286 e. The number of hydrogen-bond acceptors (Lipinski definition) is 6. The maximum Gasteiger partial charge on any atom is 0.286 e. The van der Waals surface area contributed by atoms with Gasteiger partial charge in [-0.2, -0.15) is 16.8 Å². The average Bonchev–Trinajstić information content (AvgIpc) is 3.12. The van der Waals surface area contributed by atoms with E-state index in [4.69, 9.17) is 11.6 Å². The highest BCUT2D eigenvalue weighted by molar-refractivity contribution is 7.91. The molecule has 11 heteroatoms. The smallest absolute Gasteiger partial charge is 0.266 e. The molecule has 5 rings (SSSR count). The van der Waals surface area contributed by atoms with Gasteiger partial charge < -0.3 is 0 Å². The molecule has 1 aliphatic heterocycles. The lowest BCUT2D eigenvalue weighted by Gasteiger charge is -2.24. The fraction of sp³-hybridized carbons (Fsp3) is 0. The Morgan fingerprint density at radius 3 is 2.26 bits per heavy atom. The monoisotopic (exact) mass is 525 g/mol. The van der Waals surface area contributed by atoms with Crippen LogP contribution < -0.4 is 5.43 Å². The van der Waals surface area contributed by atoms with Crippen LogP contribution in [0.1, 0.15) is 15.9 Å². The Morgan fingerprint density at radius 2 is 1.51 bits per heavy atom. The number of amides is 1. The molecule has 35 heavy (non-hydrogen) atoms. The van der Waals surface area contributed by atoms with E-state index in [1.165, 1.54) is 54.6 Å². The van der Waals surface area contributed by atoms with Crippen LogP contribution in [0.4, 0.5) is 0 Å². The summed E-state index contributed by atoms with van der Waals surface area (Å²) in [4.78, 5) is 13.2. The number of nitrogens with one attached hydrogen (secondary N) is 1. The molecule has 0 saturated heterocycles. The Morgan fingerprint density at radius 1 is 0.857 bits per heavy atom. The summed E-state index contributed by atoms with van der Waals surface area (Å²) in [6, 6.07) is 23.2. The van der Waals surface area contributed by atoms with Crippen LogP contribution in [0.25, 0.3) is 10.8 Å². The highest BCUT2D eigenvalue weighted by atomic mass is 35.5. The van der Waals surface area contributed by atoms with Crippen molar-refractivity contribution >= 4 is 54.2 Å². The third-order valence-corrected chi connectivity index (χ3v) is 8.55. The van der Waals surface area contributed by atoms with Crippen molar-refractivity contribution < 1.29 is 21.6 Å². The average molecular weight is 526 g/mol. The number of benzene rings is 4.